The van der Waals surface area contributed by atoms with E-state index < -0.39 is 6.10 Å². The van der Waals surface area contributed by atoms with Gasteiger partial charge in [-0.15, -0.1) is 12.4 Å². The Morgan fingerprint density at radius 1 is 1.41 bits per heavy atom. The van der Waals surface area contributed by atoms with Gasteiger partial charge in [-0.1, -0.05) is 6.07 Å². The van der Waals surface area contributed by atoms with Crippen LogP contribution in [-0.2, 0) is 6.42 Å². The van der Waals surface area contributed by atoms with Crippen molar-refractivity contribution in [1.29, 1.82) is 0 Å². The van der Waals surface area contributed by atoms with Gasteiger partial charge < -0.3 is 15.2 Å². The largest absolute Gasteiger partial charge is 0.493 e. The van der Waals surface area contributed by atoms with Crippen LogP contribution in [0.4, 0.5) is 0 Å². The molecule has 3 nitrogen and oxygen atoms in total. The monoisotopic (exact) mass is 257 g/mol. The lowest BCUT2D eigenvalue weighted by Crippen LogP contribution is -2.28. The van der Waals surface area contributed by atoms with Crippen LogP contribution in [0.3, 0.4) is 0 Å². The molecule has 1 aliphatic heterocycles. The number of hydrogen-bond acceptors (Lipinski definition) is 3. The maximum atomic E-state index is 10.1. The standard InChI is InChI=1S/C13H19NO2.ClH/c1-9(14-2)13(15)11-5-6-12-10(8-11)4-3-7-16-12;/h5-6,8-9,13-15H,3-4,7H2,1-2H3;1H. The lowest BCUT2D eigenvalue weighted by Gasteiger charge is -2.22. The lowest BCUT2D eigenvalue weighted by molar-refractivity contribution is 0.140. The zero-order chi connectivity index (χ0) is 11.5. The van der Waals surface area contributed by atoms with Gasteiger partial charge in [0.25, 0.3) is 0 Å². The predicted octanol–water partition coefficient (Wildman–Crippen LogP) is 2.07. The second-order valence-corrected chi connectivity index (χ2v) is 4.34. The van der Waals surface area contributed by atoms with Crippen LogP contribution >= 0.6 is 12.4 Å². The van der Waals surface area contributed by atoms with Crippen LogP contribution in [-0.4, -0.2) is 24.8 Å². The fraction of sp³-hybridized carbons (Fsp3) is 0.538. The molecule has 0 saturated heterocycles. The van der Waals surface area contributed by atoms with Gasteiger partial charge in [0.1, 0.15) is 5.75 Å². The van der Waals surface area contributed by atoms with E-state index in [2.05, 4.69) is 11.4 Å². The van der Waals surface area contributed by atoms with Gasteiger partial charge in [-0.05, 0) is 50.1 Å². The molecule has 2 unspecified atom stereocenters. The number of fused-ring (bicyclic) bond motifs is 1. The predicted molar refractivity (Wildman–Crippen MR) is 71.0 cm³/mol. The van der Waals surface area contributed by atoms with E-state index >= 15 is 0 Å². The normalized spacial score (nSPS) is 17.4. The number of benzene rings is 1. The van der Waals surface area contributed by atoms with Gasteiger partial charge in [0.15, 0.2) is 0 Å². The number of likely N-dealkylation sites (N-methyl/N-ethyl adjacent to an activating group) is 1. The summed E-state index contributed by atoms with van der Waals surface area (Å²) in [4.78, 5) is 0. The quantitative estimate of drug-likeness (QED) is 0.871. The molecule has 1 aliphatic rings. The van der Waals surface area contributed by atoms with Gasteiger partial charge in [0.2, 0.25) is 0 Å². The molecule has 4 heteroatoms. The van der Waals surface area contributed by atoms with Crippen molar-refractivity contribution < 1.29 is 9.84 Å². The van der Waals surface area contributed by atoms with E-state index in [4.69, 9.17) is 4.74 Å². The smallest absolute Gasteiger partial charge is 0.122 e. The molecular formula is C13H20ClNO2. The Kier molecular flexibility index (Phi) is 5.25. The highest BCUT2D eigenvalue weighted by Gasteiger charge is 2.17. The molecule has 1 aromatic rings. The highest BCUT2D eigenvalue weighted by atomic mass is 35.5. The Labute approximate surface area is 109 Å². The summed E-state index contributed by atoms with van der Waals surface area (Å²) in [5, 5.41) is 13.1. The van der Waals surface area contributed by atoms with E-state index in [1.807, 2.05) is 26.1 Å². The van der Waals surface area contributed by atoms with Crippen LogP contribution in [0.5, 0.6) is 5.75 Å². The van der Waals surface area contributed by atoms with E-state index in [0.717, 1.165) is 30.8 Å². The summed E-state index contributed by atoms with van der Waals surface area (Å²) in [7, 11) is 1.86. The van der Waals surface area contributed by atoms with Gasteiger partial charge >= 0.3 is 0 Å². The first-order valence-electron chi connectivity index (χ1n) is 5.83. The van der Waals surface area contributed by atoms with Crippen molar-refractivity contribution in [1.82, 2.24) is 5.32 Å². The van der Waals surface area contributed by atoms with Crippen LogP contribution < -0.4 is 10.1 Å². The molecule has 2 N–H and O–H groups in total. The van der Waals surface area contributed by atoms with Crippen molar-refractivity contribution in [2.45, 2.75) is 31.9 Å². The fourth-order valence-corrected chi connectivity index (χ4v) is 2.01. The molecular weight excluding hydrogens is 238 g/mol. The summed E-state index contributed by atoms with van der Waals surface area (Å²) in [6, 6.07) is 6.04. The summed E-state index contributed by atoms with van der Waals surface area (Å²) in [6.45, 7) is 2.78. The third-order valence-electron chi connectivity index (χ3n) is 3.20. The van der Waals surface area contributed by atoms with E-state index in [-0.39, 0.29) is 18.4 Å². The van der Waals surface area contributed by atoms with Crippen molar-refractivity contribution in [3.05, 3.63) is 29.3 Å². The number of aliphatic hydroxyl groups is 1. The SMILES string of the molecule is CNC(C)C(O)c1ccc2c(c1)CCCO2.Cl. The maximum Gasteiger partial charge on any atom is 0.122 e. The van der Waals surface area contributed by atoms with Crippen LogP contribution in [0.15, 0.2) is 18.2 Å². The highest BCUT2D eigenvalue weighted by molar-refractivity contribution is 5.85. The third kappa shape index (κ3) is 3.12. The lowest BCUT2D eigenvalue weighted by atomic mass is 9.98. The average Bonchev–Trinajstić information content (AvgIpc) is 2.36. The zero-order valence-corrected chi connectivity index (χ0v) is 11.1. The molecule has 2 atom stereocenters. The number of ether oxygens (including phenoxy) is 1. The van der Waals surface area contributed by atoms with Crippen LogP contribution in [0.1, 0.15) is 30.6 Å². The Balaban J connectivity index is 0.00000144. The van der Waals surface area contributed by atoms with Crippen molar-refractivity contribution >= 4 is 12.4 Å². The summed E-state index contributed by atoms with van der Waals surface area (Å²) in [5.41, 5.74) is 2.18. The minimum absolute atomic E-state index is 0. The minimum atomic E-state index is -0.461. The third-order valence-corrected chi connectivity index (χ3v) is 3.20. The van der Waals surface area contributed by atoms with E-state index in [0.29, 0.717) is 0 Å². The summed E-state index contributed by atoms with van der Waals surface area (Å²) in [5.74, 6) is 0.972. The van der Waals surface area contributed by atoms with Crippen molar-refractivity contribution in [2.75, 3.05) is 13.7 Å². The molecule has 96 valence electrons. The zero-order valence-electron chi connectivity index (χ0n) is 10.3. The first-order chi connectivity index (χ1) is 7.72. The molecule has 0 amide bonds. The van der Waals surface area contributed by atoms with Crippen LogP contribution in [0.25, 0.3) is 0 Å². The maximum absolute atomic E-state index is 10.1. The van der Waals surface area contributed by atoms with Crippen molar-refractivity contribution in [3.63, 3.8) is 0 Å². The Morgan fingerprint density at radius 2 is 2.18 bits per heavy atom. The highest BCUT2D eigenvalue weighted by Crippen LogP contribution is 2.28. The molecule has 0 bridgehead atoms. The van der Waals surface area contributed by atoms with Crippen molar-refractivity contribution in [2.24, 2.45) is 0 Å². The van der Waals surface area contributed by atoms with Gasteiger partial charge in [-0.3, -0.25) is 0 Å². The fourth-order valence-electron chi connectivity index (χ4n) is 2.01. The number of nitrogens with one attached hydrogen (secondary N) is 1. The van der Waals surface area contributed by atoms with Crippen LogP contribution in [0, 0.1) is 0 Å². The molecule has 1 aromatic carbocycles. The number of aryl methyl sites for hydroxylation is 1. The number of rotatable bonds is 3. The Morgan fingerprint density at radius 3 is 2.88 bits per heavy atom. The molecule has 0 radical (unpaired) electrons. The minimum Gasteiger partial charge on any atom is -0.493 e. The Hall–Kier alpha value is -0.770. The molecule has 0 spiro atoms. The number of halogens is 1. The molecule has 0 saturated carbocycles. The second-order valence-electron chi connectivity index (χ2n) is 4.34. The van der Waals surface area contributed by atoms with E-state index in [1.165, 1.54) is 5.56 Å². The second kappa shape index (κ2) is 6.24. The molecule has 0 aromatic heterocycles. The number of aliphatic hydroxyl groups excluding tert-OH is 1. The molecule has 1 heterocycles. The topological polar surface area (TPSA) is 41.5 Å². The molecule has 2 rings (SSSR count). The summed E-state index contributed by atoms with van der Waals surface area (Å²) in [6.07, 6.45) is 1.65. The average molecular weight is 258 g/mol. The first-order valence-corrected chi connectivity index (χ1v) is 5.83. The van der Waals surface area contributed by atoms with E-state index in [1.54, 1.807) is 0 Å². The molecule has 17 heavy (non-hydrogen) atoms. The van der Waals surface area contributed by atoms with E-state index in [9.17, 15) is 5.11 Å². The molecule has 0 aliphatic carbocycles. The Bertz CT molecular complexity index is 370. The number of hydrogen-bond donors (Lipinski definition) is 2. The summed E-state index contributed by atoms with van der Waals surface area (Å²) < 4.78 is 5.55. The van der Waals surface area contributed by atoms with Gasteiger partial charge in [-0.2, -0.15) is 0 Å². The summed E-state index contributed by atoms with van der Waals surface area (Å²) >= 11 is 0. The first kappa shape index (κ1) is 14.3. The van der Waals surface area contributed by atoms with Gasteiger partial charge in [0.05, 0.1) is 12.7 Å². The van der Waals surface area contributed by atoms with Gasteiger partial charge in [-0.25, -0.2) is 0 Å². The van der Waals surface area contributed by atoms with Gasteiger partial charge in [0, 0.05) is 6.04 Å². The van der Waals surface area contributed by atoms with Crippen molar-refractivity contribution in [3.8, 4) is 5.75 Å². The molecule has 0 fully saturated rings. The van der Waals surface area contributed by atoms with Crippen LogP contribution in [0.2, 0.25) is 0 Å².